The third-order valence-electron chi connectivity index (χ3n) is 4.73. The summed E-state index contributed by atoms with van der Waals surface area (Å²) in [6.45, 7) is 1.59. The van der Waals surface area contributed by atoms with E-state index in [4.69, 9.17) is 21.1 Å². The fourth-order valence-electron chi connectivity index (χ4n) is 3.07. The molecule has 9 heteroatoms. The van der Waals surface area contributed by atoms with Crippen molar-refractivity contribution >= 4 is 41.2 Å². The van der Waals surface area contributed by atoms with E-state index in [1.165, 1.54) is 24.3 Å². The predicted molar refractivity (Wildman–Crippen MR) is 121 cm³/mol. The van der Waals surface area contributed by atoms with E-state index in [-0.39, 0.29) is 17.3 Å². The number of esters is 2. The van der Waals surface area contributed by atoms with E-state index >= 15 is 0 Å². The second-order valence-corrected chi connectivity index (χ2v) is 7.50. The van der Waals surface area contributed by atoms with Crippen LogP contribution in [-0.2, 0) is 9.53 Å². The molecule has 0 aromatic heterocycles. The van der Waals surface area contributed by atoms with Crippen LogP contribution in [0.25, 0.3) is 6.08 Å². The van der Waals surface area contributed by atoms with Crippen molar-refractivity contribution in [1.82, 2.24) is 0 Å². The molecule has 4 rings (SSSR count). The average molecular weight is 463 g/mol. The number of hydrogen-bond donors (Lipinski definition) is 0. The van der Waals surface area contributed by atoms with Crippen LogP contribution in [0.3, 0.4) is 0 Å². The lowest BCUT2D eigenvalue weighted by Gasteiger charge is -2.05. The van der Waals surface area contributed by atoms with E-state index in [0.29, 0.717) is 33.0 Å². The second kappa shape index (κ2) is 9.05. The number of carbonyl (C=O) groups excluding carboxylic acids is 2. The number of nitro groups is 1. The molecule has 3 aromatic rings. The zero-order valence-electron chi connectivity index (χ0n) is 17.2. The van der Waals surface area contributed by atoms with Crippen LogP contribution in [0.5, 0.6) is 5.75 Å². The summed E-state index contributed by atoms with van der Waals surface area (Å²) in [5.41, 5.74) is 1.93. The van der Waals surface area contributed by atoms with E-state index in [1.54, 1.807) is 55.5 Å². The molecular formula is C24H15ClN2O6. The summed E-state index contributed by atoms with van der Waals surface area (Å²) in [5.74, 6) is -0.765. The van der Waals surface area contributed by atoms with Crippen molar-refractivity contribution in [2.45, 2.75) is 6.92 Å². The Labute approximate surface area is 192 Å². The van der Waals surface area contributed by atoms with Crippen molar-refractivity contribution in [3.63, 3.8) is 0 Å². The summed E-state index contributed by atoms with van der Waals surface area (Å²) in [4.78, 5) is 39.1. The Bertz CT molecular complexity index is 1330. The molecule has 0 bridgehead atoms. The second-order valence-electron chi connectivity index (χ2n) is 7.06. The standard InChI is InChI=1S/C24H15ClN2O6/c1-14-12-17(6-11-21(14)27(30)31)22-26-20(24(29)33-22)13-15-2-9-19(10-3-15)32-23(28)16-4-7-18(25)8-5-16/h2-13H,1H3/b20-13-. The molecule has 8 nitrogen and oxygen atoms in total. The molecule has 33 heavy (non-hydrogen) atoms. The summed E-state index contributed by atoms with van der Waals surface area (Å²) in [7, 11) is 0. The number of hydrogen-bond acceptors (Lipinski definition) is 7. The van der Waals surface area contributed by atoms with Crippen molar-refractivity contribution in [3.8, 4) is 5.75 Å². The van der Waals surface area contributed by atoms with E-state index in [0.717, 1.165) is 0 Å². The highest BCUT2D eigenvalue weighted by Crippen LogP contribution is 2.24. The molecule has 0 fully saturated rings. The van der Waals surface area contributed by atoms with Gasteiger partial charge in [-0.15, -0.1) is 0 Å². The van der Waals surface area contributed by atoms with E-state index < -0.39 is 16.9 Å². The Morgan fingerprint density at radius 3 is 2.42 bits per heavy atom. The highest BCUT2D eigenvalue weighted by atomic mass is 35.5. The number of benzene rings is 3. The lowest BCUT2D eigenvalue weighted by Crippen LogP contribution is -2.08. The summed E-state index contributed by atoms with van der Waals surface area (Å²) in [5, 5.41) is 11.5. The highest BCUT2D eigenvalue weighted by Gasteiger charge is 2.25. The van der Waals surface area contributed by atoms with Crippen LogP contribution >= 0.6 is 11.6 Å². The summed E-state index contributed by atoms with van der Waals surface area (Å²) < 4.78 is 10.5. The van der Waals surface area contributed by atoms with Crippen molar-refractivity contribution in [1.29, 1.82) is 0 Å². The van der Waals surface area contributed by atoms with Gasteiger partial charge in [0.1, 0.15) is 5.75 Å². The zero-order chi connectivity index (χ0) is 23.5. The monoisotopic (exact) mass is 462 g/mol. The molecular weight excluding hydrogens is 448 g/mol. The minimum Gasteiger partial charge on any atom is -0.423 e. The molecule has 0 N–H and O–H groups in total. The van der Waals surface area contributed by atoms with Gasteiger partial charge in [0.25, 0.3) is 5.69 Å². The van der Waals surface area contributed by atoms with Crippen LogP contribution < -0.4 is 4.74 Å². The predicted octanol–water partition coefficient (Wildman–Crippen LogP) is 5.12. The molecule has 0 aliphatic carbocycles. The van der Waals surface area contributed by atoms with Crippen molar-refractivity contribution in [3.05, 3.63) is 110 Å². The van der Waals surface area contributed by atoms with Crippen molar-refractivity contribution in [2.24, 2.45) is 4.99 Å². The van der Waals surface area contributed by atoms with Crippen LogP contribution in [0.2, 0.25) is 5.02 Å². The number of nitro benzene ring substituents is 1. The maximum absolute atomic E-state index is 12.2. The lowest BCUT2D eigenvalue weighted by molar-refractivity contribution is -0.385. The maximum atomic E-state index is 12.2. The maximum Gasteiger partial charge on any atom is 0.363 e. The third-order valence-corrected chi connectivity index (χ3v) is 4.99. The lowest BCUT2D eigenvalue weighted by atomic mass is 10.1. The Balaban J connectivity index is 1.49. The summed E-state index contributed by atoms with van der Waals surface area (Å²) in [6, 6.07) is 17.2. The Hall–Kier alpha value is -4.30. The minimum atomic E-state index is -0.640. The van der Waals surface area contributed by atoms with Gasteiger partial charge < -0.3 is 9.47 Å². The average Bonchev–Trinajstić information content (AvgIpc) is 3.15. The number of carbonyl (C=O) groups is 2. The van der Waals surface area contributed by atoms with Gasteiger partial charge in [0.05, 0.1) is 10.5 Å². The van der Waals surface area contributed by atoms with Crippen LogP contribution in [0.4, 0.5) is 5.69 Å². The number of nitrogens with zero attached hydrogens (tertiary/aromatic N) is 2. The fourth-order valence-corrected chi connectivity index (χ4v) is 3.19. The van der Waals surface area contributed by atoms with Crippen LogP contribution in [-0.4, -0.2) is 22.8 Å². The molecule has 164 valence electrons. The van der Waals surface area contributed by atoms with Gasteiger partial charge in [0.15, 0.2) is 5.70 Å². The van der Waals surface area contributed by atoms with Gasteiger partial charge in [-0.2, -0.15) is 0 Å². The van der Waals surface area contributed by atoms with Gasteiger partial charge in [0.2, 0.25) is 5.90 Å². The van der Waals surface area contributed by atoms with Crippen molar-refractivity contribution < 1.29 is 24.0 Å². The molecule has 1 aliphatic rings. The first-order valence-electron chi connectivity index (χ1n) is 9.66. The first-order chi connectivity index (χ1) is 15.8. The summed E-state index contributed by atoms with van der Waals surface area (Å²) in [6.07, 6.45) is 1.53. The number of rotatable bonds is 5. The minimum absolute atomic E-state index is 0.0312. The first kappa shape index (κ1) is 21.9. The number of cyclic esters (lactones) is 1. The largest absolute Gasteiger partial charge is 0.423 e. The molecule has 0 saturated carbocycles. The summed E-state index contributed by atoms with van der Waals surface area (Å²) >= 11 is 5.82. The van der Waals surface area contributed by atoms with Gasteiger partial charge in [-0.1, -0.05) is 23.7 Å². The Morgan fingerprint density at radius 1 is 1.09 bits per heavy atom. The number of aliphatic imine (C=N–C) groups is 1. The SMILES string of the molecule is Cc1cc(C2=N/C(=C\c3ccc(OC(=O)c4ccc(Cl)cc4)cc3)C(=O)O2)ccc1[N+](=O)[O-]. The van der Waals surface area contributed by atoms with Gasteiger partial charge in [-0.25, -0.2) is 14.6 Å². The molecule has 0 amide bonds. The fraction of sp³-hybridized carbons (Fsp3) is 0.0417. The van der Waals surface area contributed by atoms with Gasteiger partial charge in [0, 0.05) is 22.2 Å². The first-order valence-corrected chi connectivity index (χ1v) is 10.0. The van der Waals surface area contributed by atoms with E-state index in [9.17, 15) is 19.7 Å². The smallest absolute Gasteiger partial charge is 0.363 e. The van der Waals surface area contributed by atoms with Gasteiger partial charge >= 0.3 is 11.9 Å². The highest BCUT2D eigenvalue weighted by molar-refractivity contribution is 6.30. The van der Waals surface area contributed by atoms with E-state index in [1.807, 2.05) is 0 Å². The quantitative estimate of drug-likeness (QED) is 0.171. The molecule has 0 atom stereocenters. The van der Waals surface area contributed by atoms with E-state index in [2.05, 4.69) is 4.99 Å². The molecule has 0 radical (unpaired) electrons. The number of ether oxygens (including phenoxy) is 2. The van der Waals surface area contributed by atoms with Crippen LogP contribution in [0, 0.1) is 17.0 Å². The third kappa shape index (κ3) is 4.97. The Morgan fingerprint density at radius 2 is 1.79 bits per heavy atom. The number of aryl methyl sites for hydroxylation is 1. The van der Waals surface area contributed by atoms with Gasteiger partial charge in [-0.05, 0) is 67.1 Å². The topological polar surface area (TPSA) is 108 Å². The normalized spacial score (nSPS) is 14.1. The molecule has 0 saturated heterocycles. The van der Waals surface area contributed by atoms with Crippen LogP contribution in [0.1, 0.15) is 27.0 Å². The molecule has 1 aliphatic heterocycles. The Kier molecular flexibility index (Phi) is 6.01. The molecule has 0 spiro atoms. The van der Waals surface area contributed by atoms with Crippen LogP contribution in [0.15, 0.2) is 77.4 Å². The van der Waals surface area contributed by atoms with Crippen molar-refractivity contribution in [2.75, 3.05) is 0 Å². The zero-order valence-corrected chi connectivity index (χ0v) is 17.9. The molecule has 0 unspecified atom stereocenters. The van der Waals surface area contributed by atoms with Gasteiger partial charge in [-0.3, -0.25) is 10.1 Å². The molecule has 3 aromatic carbocycles. The molecule has 1 heterocycles. The number of halogens is 1.